The molecule has 0 aliphatic heterocycles. The van der Waals surface area contributed by atoms with Crippen molar-refractivity contribution in [1.82, 2.24) is 0 Å². The van der Waals surface area contributed by atoms with Gasteiger partial charge in [-0.3, -0.25) is 0 Å². The number of benzene rings is 2. The van der Waals surface area contributed by atoms with Gasteiger partial charge in [0.2, 0.25) is 0 Å². The predicted octanol–water partition coefficient (Wildman–Crippen LogP) is 5.67. The highest BCUT2D eigenvalue weighted by Crippen LogP contribution is 2.38. The second-order valence-electron chi connectivity index (χ2n) is 5.82. The minimum atomic E-state index is -4.53. The largest absolute Gasteiger partial charge is 0.503 e. The molecule has 0 bridgehead atoms. The molecule has 0 saturated heterocycles. The highest BCUT2D eigenvalue weighted by molar-refractivity contribution is 6.37. The molecule has 0 atom stereocenters. The Bertz CT molecular complexity index is 906. The Labute approximate surface area is 180 Å². The van der Waals surface area contributed by atoms with E-state index in [1.807, 2.05) is 0 Å². The van der Waals surface area contributed by atoms with Gasteiger partial charge < -0.3 is 18.9 Å². The van der Waals surface area contributed by atoms with E-state index in [1.165, 1.54) is 32.6 Å². The van der Waals surface area contributed by atoms with Crippen LogP contribution >= 0.6 is 23.2 Å². The first-order valence-electron chi connectivity index (χ1n) is 8.37. The second kappa shape index (κ2) is 10.4. The smallest absolute Gasteiger partial charge is 0.422 e. The summed E-state index contributed by atoms with van der Waals surface area (Å²) >= 11 is 12.0. The summed E-state index contributed by atoms with van der Waals surface area (Å²) in [6.07, 6.45) is -3.27. The Kier molecular flexibility index (Phi) is 8.25. The number of alkyl halides is 3. The average molecular weight is 465 g/mol. The Hall–Kier alpha value is -2.58. The molecule has 5 nitrogen and oxygen atoms in total. The van der Waals surface area contributed by atoms with E-state index in [9.17, 15) is 18.0 Å². The van der Waals surface area contributed by atoms with Gasteiger partial charge in [0.05, 0.1) is 30.5 Å². The molecule has 0 radical (unpaired) electrons. The zero-order valence-electron chi connectivity index (χ0n) is 15.9. The van der Waals surface area contributed by atoms with Crippen molar-refractivity contribution in [3.05, 3.63) is 63.8 Å². The van der Waals surface area contributed by atoms with Crippen LogP contribution in [0.15, 0.2) is 42.7 Å². The fourth-order valence-electron chi connectivity index (χ4n) is 2.43. The lowest BCUT2D eigenvalue weighted by Crippen LogP contribution is -2.19. The third kappa shape index (κ3) is 6.47. The number of rotatable bonds is 8. The fraction of sp³-hybridized carbons (Fsp3) is 0.250. The van der Waals surface area contributed by atoms with Gasteiger partial charge in [0, 0.05) is 12.1 Å². The lowest BCUT2D eigenvalue weighted by Gasteiger charge is -2.15. The van der Waals surface area contributed by atoms with Gasteiger partial charge in [0.1, 0.15) is 17.9 Å². The average Bonchev–Trinajstić information content (AvgIpc) is 2.68. The van der Waals surface area contributed by atoms with E-state index in [0.717, 1.165) is 0 Å². The summed E-state index contributed by atoms with van der Waals surface area (Å²) in [6, 6.07) is 9.46. The van der Waals surface area contributed by atoms with Crippen LogP contribution in [-0.4, -0.2) is 33.0 Å². The van der Waals surface area contributed by atoms with Crippen LogP contribution in [0.5, 0.6) is 11.5 Å². The van der Waals surface area contributed by atoms with E-state index in [0.29, 0.717) is 11.1 Å². The Morgan fingerprint density at radius 1 is 1.07 bits per heavy atom. The zero-order chi connectivity index (χ0) is 22.3. The van der Waals surface area contributed by atoms with Crippen molar-refractivity contribution < 1.29 is 36.9 Å². The van der Waals surface area contributed by atoms with Gasteiger partial charge in [0.15, 0.2) is 12.4 Å². The van der Waals surface area contributed by atoms with E-state index < -0.39 is 18.8 Å². The van der Waals surface area contributed by atoms with E-state index in [-0.39, 0.29) is 33.7 Å². The number of carbonyl (C=O) groups is 1. The monoisotopic (exact) mass is 464 g/mol. The van der Waals surface area contributed by atoms with Crippen molar-refractivity contribution in [3.63, 3.8) is 0 Å². The van der Waals surface area contributed by atoms with Crippen LogP contribution < -0.4 is 9.47 Å². The number of ether oxygens (including phenoxy) is 4. The van der Waals surface area contributed by atoms with Crippen LogP contribution in [0, 0.1) is 0 Å². The molecule has 0 saturated carbocycles. The molecule has 0 aliphatic rings. The van der Waals surface area contributed by atoms with E-state index in [1.54, 1.807) is 24.3 Å². The molecule has 2 rings (SSSR count). The molecule has 2 aromatic carbocycles. The molecule has 0 amide bonds. The van der Waals surface area contributed by atoms with E-state index in [4.69, 9.17) is 37.4 Å². The number of hydrogen-bond donors (Lipinski definition) is 0. The van der Waals surface area contributed by atoms with Crippen molar-refractivity contribution in [2.75, 3.05) is 20.8 Å². The Morgan fingerprint density at radius 2 is 1.70 bits per heavy atom. The second-order valence-corrected chi connectivity index (χ2v) is 6.64. The van der Waals surface area contributed by atoms with Crippen molar-refractivity contribution in [2.45, 2.75) is 12.8 Å². The first-order chi connectivity index (χ1) is 14.2. The first kappa shape index (κ1) is 23.7. The van der Waals surface area contributed by atoms with Crippen LogP contribution in [0.1, 0.15) is 11.1 Å². The molecular weight excluding hydrogens is 448 g/mol. The van der Waals surface area contributed by atoms with Gasteiger partial charge in [-0.1, -0.05) is 47.5 Å². The molecule has 30 heavy (non-hydrogen) atoms. The van der Waals surface area contributed by atoms with Gasteiger partial charge in [-0.05, 0) is 11.1 Å². The number of methoxy groups -OCH3 is 2. The lowest BCUT2D eigenvalue weighted by atomic mass is 10.0. The number of halogens is 5. The SMILES string of the molecule is COC=C(C(=O)OC)c1ccccc1COc1cc(Cl)c(OCC(F)(F)F)c(Cl)c1. The van der Waals surface area contributed by atoms with Crippen molar-refractivity contribution >= 4 is 34.7 Å². The third-order valence-corrected chi connectivity index (χ3v) is 4.26. The standard InChI is InChI=1S/C20H17Cl2F3O5/c1-27-10-15(19(26)28-2)14-6-4-3-5-12(14)9-29-13-7-16(21)18(17(22)8-13)30-11-20(23,24)25/h3-8,10H,9,11H2,1-2H3. The minimum absolute atomic E-state index is 0.00361. The molecule has 0 aliphatic carbocycles. The maximum absolute atomic E-state index is 12.4. The summed E-state index contributed by atoms with van der Waals surface area (Å²) in [6.45, 7) is -1.52. The molecule has 0 unspecified atom stereocenters. The van der Waals surface area contributed by atoms with Crippen molar-refractivity contribution in [2.24, 2.45) is 0 Å². The van der Waals surface area contributed by atoms with Crippen molar-refractivity contribution in [1.29, 1.82) is 0 Å². The topological polar surface area (TPSA) is 54.0 Å². The third-order valence-electron chi connectivity index (χ3n) is 3.69. The summed E-state index contributed by atoms with van der Waals surface area (Å²) < 4.78 is 57.1. The zero-order valence-corrected chi connectivity index (χ0v) is 17.4. The van der Waals surface area contributed by atoms with E-state index in [2.05, 4.69) is 4.74 Å². The van der Waals surface area contributed by atoms with Crippen LogP contribution in [0.25, 0.3) is 5.57 Å². The predicted molar refractivity (Wildman–Crippen MR) is 106 cm³/mol. The molecule has 162 valence electrons. The molecule has 10 heteroatoms. The van der Waals surface area contributed by atoms with Crippen LogP contribution in [-0.2, 0) is 20.9 Å². The lowest BCUT2D eigenvalue weighted by molar-refractivity contribution is -0.153. The summed E-state index contributed by atoms with van der Waals surface area (Å²) in [5, 5.41) is -0.269. The van der Waals surface area contributed by atoms with Crippen LogP contribution in [0.2, 0.25) is 10.0 Å². The first-order valence-corrected chi connectivity index (χ1v) is 9.12. The molecule has 0 fully saturated rings. The van der Waals surface area contributed by atoms with Gasteiger partial charge in [0.25, 0.3) is 0 Å². The quantitative estimate of drug-likeness (QED) is 0.286. The fourth-order valence-corrected chi connectivity index (χ4v) is 3.01. The summed E-state index contributed by atoms with van der Waals surface area (Å²) in [5.74, 6) is -0.685. The number of esters is 1. The van der Waals surface area contributed by atoms with Crippen LogP contribution in [0.4, 0.5) is 13.2 Å². The Balaban J connectivity index is 2.22. The molecule has 0 spiro atoms. The summed E-state index contributed by atoms with van der Waals surface area (Å²) in [4.78, 5) is 12.0. The molecule has 0 heterocycles. The summed E-state index contributed by atoms with van der Waals surface area (Å²) in [7, 11) is 2.64. The van der Waals surface area contributed by atoms with Gasteiger partial charge >= 0.3 is 12.1 Å². The van der Waals surface area contributed by atoms with E-state index >= 15 is 0 Å². The van der Waals surface area contributed by atoms with Gasteiger partial charge in [-0.15, -0.1) is 0 Å². The Morgan fingerprint density at radius 3 is 2.27 bits per heavy atom. The maximum atomic E-state index is 12.4. The van der Waals surface area contributed by atoms with Gasteiger partial charge in [-0.25, -0.2) is 4.79 Å². The van der Waals surface area contributed by atoms with Crippen LogP contribution in [0.3, 0.4) is 0 Å². The summed E-state index contributed by atoms with van der Waals surface area (Å²) in [5.41, 5.74) is 1.33. The highest BCUT2D eigenvalue weighted by Gasteiger charge is 2.29. The maximum Gasteiger partial charge on any atom is 0.422 e. The number of carbonyl (C=O) groups excluding carboxylic acids is 1. The molecule has 0 N–H and O–H groups in total. The molecular formula is C20H17Cl2F3O5. The minimum Gasteiger partial charge on any atom is -0.503 e. The van der Waals surface area contributed by atoms with Crippen molar-refractivity contribution in [3.8, 4) is 11.5 Å². The molecule has 2 aromatic rings. The molecule has 0 aromatic heterocycles. The number of hydrogen-bond acceptors (Lipinski definition) is 5. The van der Waals surface area contributed by atoms with Gasteiger partial charge in [-0.2, -0.15) is 13.2 Å². The highest BCUT2D eigenvalue weighted by atomic mass is 35.5. The normalized spacial score (nSPS) is 11.8.